The molecule has 1 fully saturated rings. The van der Waals surface area contributed by atoms with Crippen LogP contribution in [-0.4, -0.2) is 41.0 Å². The predicted octanol–water partition coefficient (Wildman–Crippen LogP) is 2.49. The second-order valence-electron chi connectivity index (χ2n) is 6.45. The number of phenolic OH excluding ortho intramolecular Hbond substituents is 1. The number of rotatable bonds is 4. The molecule has 0 atom stereocenters. The third-order valence-electron chi connectivity index (χ3n) is 4.60. The van der Waals surface area contributed by atoms with Crippen molar-refractivity contribution >= 4 is 11.8 Å². The maximum atomic E-state index is 12.9. The molecule has 2 aromatic carbocycles. The minimum atomic E-state index is -0.317. The van der Waals surface area contributed by atoms with Gasteiger partial charge in [0.2, 0.25) is 5.91 Å². The zero-order valence-corrected chi connectivity index (χ0v) is 14.3. The number of phenols is 1. The topological polar surface area (TPSA) is 69.6 Å². The van der Waals surface area contributed by atoms with Gasteiger partial charge >= 0.3 is 0 Å². The lowest BCUT2D eigenvalue weighted by Gasteiger charge is -2.32. The molecule has 6 heteroatoms. The number of piperidine rings is 1. The number of carbonyl (C=O) groups excluding carboxylic acids is 2. The van der Waals surface area contributed by atoms with E-state index in [-0.39, 0.29) is 41.4 Å². The Kier molecular flexibility index (Phi) is 5.51. The quantitative estimate of drug-likeness (QED) is 0.884. The van der Waals surface area contributed by atoms with Crippen LogP contribution in [0.4, 0.5) is 4.39 Å². The van der Waals surface area contributed by atoms with Crippen molar-refractivity contribution in [3.05, 3.63) is 65.5 Å². The smallest absolute Gasteiger partial charge is 0.255 e. The summed E-state index contributed by atoms with van der Waals surface area (Å²) in [4.78, 5) is 26.4. The third kappa shape index (κ3) is 4.39. The summed E-state index contributed by atoms with van der Waals surface area (Å²) < 4.78 is 12.9. The molecule has 0 spiro atoms. The van der Waals surface area contributed by atoms with E-state index in [1.54, 1.807) is 35.2 Å². The number of hydrogen-bond acceptors (Lipinski definition) is 3. The molecule has 1 aliphatic rings. The maximum absolute atomic E-state index is 12.9. The van der Waals surface area contributed by atoms with Gasteiger partial charge in [-0.25, -0.2) is 4.39 Å². The molecule has 1 aliphatic heterocycles. The standard InChI is InChI=1S/C20H21FN2O3/c21-15-7-5-14(6-8-15)13-19(25)23-11-9-16(10-12-23)22-20(26)17-3-1-2-4-18(17)24/h1-8,16,24H,9-13H2,(H,22,26). The zero-order chi connectivity index (χ0) is 18.5. The number of nitrogens with one attached hydrogen (secondary N) is 1. The normalized spacial score (nSPS) is 14.9. The summed E-state index contributed by atoms with van der Waals surface area (Å²) in [5, 5.41) is 12.7. The molecular weight excluding hydrogens is 335 g/mol. The molecule has 2 aromatic rings. The van der Waals surface area contributed by atoms with Gasteiger partial charge in [-0.05, 0) is 42.7 Å². The van der Waals surface area contributed by atoms with Gasteiger partial charge in [0.1, 0.15) is 11.6 Å². The molecule has 1 saturated heterocycles. The largest absolute Gasteiger partial charge is 0.507 e. The van der Waals surface area contributed by atoms with Gasteiger partial charge in [-0.2, -0.15) is 0 Å². The van der Waals surface area contributed by atoms with E-state index in [1.807, 2.05) is 0 Å². The maximum Gasteiger partial charge on any atom is 0.255 e. The molecule has 0 aliphatic carbocycles. The number of amides is 2. The summed E-state index contributed by atoms with van der Waals surface area (Å²) in [6.07, 6.45) is 1.57. The van der Waals surface area contributed by atoms with Gasteiger partial charge < -0.3 is 15.3 Å². The molecule has 26 heavy (non-hydrogen) atoms. The summed E-state index contributed by atoms with van der Waals surface area (Å²) in [6.45, 7) is 1.12. The van der Waals surface area contributed by atoms with Crippen molar-refractivity contribution in [2.75, 3.05) is 13.1 Å². The van der Waals surface area contributed by atoms with Gasteiger partial charge in [-0.1, -0.05) is 24.3 Å². The first-order valence-corrected chi connectivity index (χ1v) is 8.64. The highest BCUT2D eigenvalue weighted by Crippen LogP contribution is 2.17. The highest BCUT2D eigenvalue weighted by molar-refractivity contribution is 5.96. The fourth-order valence-corrected chi connectivity index (χ4v) is 3.09. The van der Waals surface area contributed by atoms with E-state index in [0.29, 0.717) is 25.9 Å². The van der Waals surface area contributed by atoms with E-state index in [9.17, 15) is 19.1 Å². The molecule has 0 unspecified atom stereocenters. The number of benzene rings is 2. The predicted molar refractivity (Wildman–Crippen MR) is 95.3 cm³/mol. The van der Waals surface area contributed by atoms with Crippen LogP contribution in [0.5, 0.6) is 5.75 Å². The molecule has 136 valence electrons. The van der Waals surface area contributed by atoms with Crippen LogP contribution in [0.15, 0.2) is 48.5 Å². The molecule has 0 radical (unpaired) electrons. The Morgan fingerprint density at radius 2 is 1.73 bits per heavy atom. The molecule has 3 rings (SSSR count). The molecule has 5 nitrogen and oxygen atoms in total. The highest BCUT2D eigenvalue weighted by atomic mass is 19.1. The lowest BCUT2D eigenvalue weighted by atomic mass is 10.0. The van der Waals surface area contributed by atoms with Crippen LogP contribution in [0, 0.1) is 5.82 Å². The fourth-order valence-electron chi connectivity index (χ4n) is 3.09. The minimum Gasteiger partial charge on any atom is -0.507 e. The van der Waals surface area contributed by atoms with Crippen molar-refractivity contribution in [1.82, 2.24) is 10.2 Å². The van der Waals surface area contributed by atoms with E-state index in [2.05, 4.69) is 5.32 Å². The average Bonchev–Trinajstić information content (AvgIpc) is 2.64. The Morgan fingerprint density at radius 3 is 2.38 bits per heavy atom. The third-order valence-corrected chi connectivity index (χ3v) is 4.60. The summed E-state index contributed by atoms with van der Waals surface area (Å²) in [5.74, 6) is -0.666. The molecular formula is C20H21FN2O3. The number of aromatic hydroxyl groups is 1. The van der Waals surface area contributed by atoms with E-state index >= 15 is 0 Å². The van der Waals surface area contributed by atoms with Crippen LogP contribution in [0.25, 0.3) is 0 Å². The van der Waals surface area contributed by atoms with Crippen LogP contribution < -0.4 is 5.32 Å². The lowest BCUT2D eigenvalue weighted by molar-refractivity contribution is -0.131. The van der Waals surface area contributed by atoms with Gasteiger partial charge in [0.15, 0.2) is 0 Å². The van der Waals surface area contributed by atoms with Crippen LogP contribution in [0.2, 0.25) is 0 Å². The number of likely N-dealkylation sites (tertiary alicyclic amines) is 1. The Morgan fingerprint density at radius 1 is 1.08 bits per heavy atom. The first kappa shape index (κ1) is 17.9. The van der Waals surface area contributed by atoms with E-state index < -0.39 is 0 Å². The van der Waals surface area contributed by atoms with Gasteiger partial charge in [0, 0.05) is 19.1 Å². The molecule has 0 saturated carbocycles. The van der Waals surface area contributed by atoms with Crippen molar-refractivity contribution in [1.29, 1.82) is 0 Å². The molecule has 0 aromatic heterocycles. The fraction of sp³-hybridized carbons (Fsp3) is 0.300. The van der Waals surface area contributed by atoms with Gasteiger partial charge in [0.25, 0.3) is 5.91 Å². The molecule has 2 N–H and O–H groups in total. The Hall–Kier alpha value is -2.89. The zero-order valence-electron chi connectivity index (χ0n) is 14.3. The van der Waals surface area contributed by atoms with E-state index in [4.69, 9.17) is 0 Å². The summed E-state index contributed by atoms with van der Waals surface area (Å²) >= 11 is 0. The molecule has 1 heterocycles. The summed E-state index contributed by atoms with van der Waals surface area (Å²) in [7, 11) is 0. The Balaban J connectivity index is 1.49. The lowest BCUT2D eigenvalue weighted by Crippen LogP contribution is -2.47. The monoisotopic (exact) mass is 356 g/mol. The van der Waals surface area contributed by atoms with Gasteiger partial charge in [-0.15, -0.1) is 0 Å². The summed E-state index contributed by atoms with van der Waals surface area (Å²) in [6, 6.07) is 12.3. The second kappa shape index (κ2) is 7.99. The first-order chi connectivity index (χ1) is 12.5. The van der Waals surface area contributed by atoms with Crippen molar-refractivity contribution in [3.8, 4) is 5.75 Å². The van der Waals surface area contributed by atoms with E-state index in [0.717, 1.165) is 5.56 Å². The van der Waals surface area contributed by atoms with Gasteiger partial charge in [-0.3, -0.25) is 9.59 Å². The van der Waals surface area contributed by atoms with Crippen molar-refractivity contribution in [2.24, 2.45) is 0 Å². The van der Waals surface area contributed by atoms with Crippen molar-refractivity contribution in [3.63, 3.8) is 0 Å². The molecule has 2 amide bonds. The SMILES string of the molecule is O=C(NC1CCN(C(=O)Cc2ccc(F)cc2)CC1)c1ccccc1O. The van der Waals surface area contributed by atoms with Crippen LogP contribution >= 0.6 is 0 Å². The number of halogens is 1. The van der Waals surface area contributed by atoms with Crippen LogP contribution in [-0.2, 0) is 11.2 Å². The summed E-state index contributed by atoms with van der Waals surface area (Å²) in [5.41, 5.74) is 1.04. The Bertz CT molecular complexity index is 784. The highest BCUT2D eigenvalue weighted by Gasteiger charge is 2.24. The Labute approximate surface area is 151 Å². The van der Waals surface area contributed by atoms with Gasteiger partial charge in [0.05, 0.1) is 12.0 Å². The average molecular weight is 356 g/mol. The first-order valence-electron chi connectivity index (χ1n) is 8.64. The number of carbonyl (C=O) groups is 2. The second-order valence-corrected chi connectivity index (χ2v) is 6.45. The number of nitrogens with zero attached hydrogens (tertiary/aromatic N) is 1. The number of hydrogen-bond donors (Lipinski definition) is 2. The van der Waals surface area contributed by atoms with Crippen molar-refractivity contribution in [2.45, 2.75) is 25.3 Å². The number of para-hydroxylation sites is 1. The minimum absolute atomic E-state index is 0.00193. The van der Waals surface area contributed by atoms with Crippen molar-refractivity contribution < 1.29 is 19.1 Å². The van der Waals surface area contributed by atoms with E-state index in [1.165, 1.54) is 18.2 Å². The van der Waals surface area contributed by atoms with Crippen LogP contribution in [0.1, 0.15) is 28.8 Å². The molecule has 0 bridgehead atoms. The van der Waals surface area contributed by atoms with Crippen LogP contribution in [0.3, 0.4) is 0 Å².